The van der Waals surface area contributed by atoms with Crippen LogP contribution in [0.4, 0.5) is 0 Å². The first kappa shape index (κ1) is 19.9. The van der Waals surface area contributed by atoms with Crippen molar-refractivity contribution in [2.45, 2.75) is 25.6 Å². The highest BCUT2D eigenvalue weighted by atomic mass is 35.5. The molecule has 8 heteroatoms. The number of rotatable bonds is 6. The number of likely N-dealkylation sites (tertiary alicyclic amines) is 1. The molecule has 1 atom stereocenters. The summed E-state index contributed by atoms with van der Waals surface area (Å²) in [5.74, 6) is 2.21. The van der Waals surface area contributed by atoms with Crippen LogP contribution in [0.3, 0.4) is 0 Å². The van der Waals surface area contributed by atoms with Gasteiger partial charge in [0.25, 0.3) is 0 Å². The number of nitrogens with one attached hydrogen (secondary N) is 1. The normalized spacial score (nSPS) is 16.9. The molecule has 0 amide bonds. The Morgan fingerprint density at radius 2 is 1.97 bits per heavy atom. The summed E-state index contributed by atoms with van der Waals surface area (Å²) in [5.41, 5.74) is 2.07. The van der Waals surface area contributed by atoms with E-state index in [1.165, 1.54) is 5.56 Å². The monoisotopic (exact) mass is 430 g/mol. The van der Waals surface area contributed by atoms with Gasteiger partial charge in [-0.2, -0.15) is 4.98 Å². The average Bonchev–Trinajstić information content (AvgIpc) is 3.35. The van der Waals surface area contributed by atoms with Crippen molar-refractivity contribution in [3.8, 4) is 22.9 Å². The van der Waals surface area contributed by atoms with Crippen LogP contribution in [0.5, 0.6) is 11.5 Å². The van der Waals surface area contributed by atoms with Crippen LogP contribution in [0.2, 0.25) is 5.02 Å². The molecule has 0 bridgehead atoms. The van der Waals surface area contributed by atoms with Crippen molar-refractivity contribution in [1.29, 1.82) is 0 Å². The first-order chi connectivity index (χ1) is 14.1. The fourth-order valence-electron chi connectivity index (χ4n) is 3.82. The smallest absolute Gasteiger partial charge is 0.217 e. The summed E-state index contributed by atoms with van der Waals surface area (Å²) in [6.45, 7) is 1.65. The van der Waals surface area contributed by atoms with Crippen LogP contribution in [0, 0.1) is 4.77 Å². The largest absolute Gasteiger partial charge is 0.497 e. The number of aromatic nitrogens is 3. The lowest BCUT2D eigenvalue weighted by Crippen LogP contribution is -2.26. The van der Waals surface area contributed by atoms with Crippen LogP contribution in [0.25, 0.3) is 11.4 Å². The zero-order chi connectivity index (χ0) is 20.4. The zero-order valence-corrected chi connectivity index (χ0v) is 18.0. The summed E-state index contributed by atoms with van der Waals surface area (Å²) in [6, 6.07) is 14.1. The molecule has 1 aliphatic heterocycles. The third-order valence-corrected chi connectivity index (χ3v) is 5.83. The Balaban J connectivity index is 1.58. The van der Waals surface area contributed by atoms with Gasteiger partial charge in [0, 0.05) is 17.6 Å². The van der Waals surface area contributed by atoms with E-state index >= 15 is 0 Å². The molecule has 0 saturated carbocycles. The van der Waals surface area contributed by atoms with E-state index in [2.05, 4.69) is 27.1 Å². The Kier molecular flexibility index (Phi) is 5.89. The number of hydrogen-bond acceptors (Lipinski definition) is 5. The molecule has 0 spiro atoms. The van der Waals surface area contributed by atoms with E-state index in [0.717, 1.165) is 30.7 Å². The zero-order valence-electron chi connectivity index (χ0n) is 16.4. The predicted octanol–water partition coefficient (Wildman–Crippen LogP) is 5.07. The van der Waals surface area contributed by atoms with Crippen molar-refractivity contribution in [1.82, 2.24) is 19.7 Å². The fraction of sp³-hybridized carbons (Fsp3) is 0.333. The molecular weight excluding hydrogens is 408 g/mol. The van der Waals surface area contributed by atoms with Gasteiger partial charge in [-0.15, -0.1) is 0 Å². The van der Waals surface area contributed by atoms with Crippen LogP contribution in [0.1, 0.15) is 24.4 Å². The van der Waals surface area contributed by atoms with Crippen molar-refractivity contribution < 1.29 is 9.47 Å². The minimum Gasteiger partial charge on any atom is -0.497 e. The molecule has 0 aliphatic carbocycles. The van der Waals surface area contributed by atoms with Gasteiger partial charge < -0.3 is 9.47 Å². The van der Waals surface area contributed by atoms with Crippen LogP contribution < -0.4 is 9.47 Å². The van der Waals surface area contributed by atoms with Crippen LogP contribution in [-0.4, -0.2) is 40.4 Å². The molecule has 2 heterocycles. The molecule has 0 unspecified atom stereocenters. The van der Waals surface area contributed by atoms with E-state index in [1.807, 2.05) is 28.9 Å². The average molecular weight is 431 g/mol. The molecule has 1 aromatic heterocycles. The summed E-state index contributed by atoms with van der Waals surface area (Å²) >= 11 is 11.7. The minimum absolute atomic E-state index is 0.343. The van der Waals surface area contributed by atoms with Crippen LogP contribution >= 0.6 is 23.8 Å². The Hall–Kier alpha value is -2.35. The highest BCUT2D eigenvalue weighted by molar-refractivity contribution is 7.71. The molecule has 2 aromatic carbocycles. The second-order valence-corrected chi connectivity index (χ2v) is 7.81. The van der Waals surface area contributed by atoms with E-state index in [0.29, 0.717) is 34.1 Å². The third kappa shape index (κ3) is 4.17. The van der Waals surface area contributed by atoms with E-state index in [1.54, 1.807) is 20.3 Å². The first-order valence-electron chi connectivity index (χ1n) is 9.48. The van der Waals surface area contributed by atoms with E-state index in [-0.39, 0.29) is 0 Å². The summed E-state index contributed by atoms with van der Waals surface area (Å²) in [4.78, 5) is 6.94. The van der Waals surface area contributed by atoms with Gasteiger partial charge >= 0.3 is 0 Å². The van der Waals surface area contributed by atoms with Crippen molar-refractivity contribution >= 4 is 23.8 Å². The molecule has 29 heavy (non-hydrogen) atoms. The predicted molar refractivity (Wildman–Crippen MR) is 116 cm³/mol. The van der Waals surface area contributed by atoms with Gasteiger partial charge in [0.2, 0.25) is 4.77 Å². The third-order valence-electron chi connectivity index (χ3n) is 5.28. The quantitative estimate of drug-likeness (QED) is 0.553. The SMILES string of the molecule is COc1ccc([C@H]2CCCN2Cn2[nH]c(-c3cc(Cl)ccc3OC)nc2=S)cc1. The van der Waals surface area contributed by atoms with E-state index in [9.17, 15) is 0 Å². The second-order valence-electron chi connectivity index (χ2n) is 7.01. The van der Waals surface area contributed by atoms with Gasteiger partial charge in [0.15, 0.2) is 5.82 Å². The molecule has 1 saturated heterocycles. The van der Waals surface area contributed by atoms with Crippen molar-refractivity contribution in [2.24, 2.45) is 0 Å². The summed E-state index contributed by atoms with van der Waals surface area (Å²) in [5, 5.41) is 3.94. The number of aromatic amines is 1. The highest BCUT2D eigenvalue weighted by Crippen LogP contribution is 2.34. The molecule has 1 fully saturated rings. The van der Waals surface area contributed by atoms with Gasteiger partial charge in [0.05, 0.1) is 26.5 Å². The molecule has 1 N–H and O–H groups in total. The molecular formula is C21H23ClN4O2S. The maximum atomic E-state index is 6.17. The maximum absolute atomic E-state index is 6.17. The second kappa shape index (κ2) is 8.57. The van der Waals surface area contributed by atoms with Gasteiger partial charge in [-0.25, -0.2) is 4.68 Å². The van der Waals surface area contributed by atoms with Gasteiger partial charge in [-0.3, -0.25) is 10.00 Å². The first-order valence-corrected chi connectivity index (χ1v) is 10.3. The number of hydrogen-bond donors (Lipinski definition) is 1. The van der Waals surface area contributed by atoms with Gasteiger partial charge in [-0.05, 0) is 61.0 Å². The molecule has 6 nitrogen and oxygen atoms in total. The molecule has 0 radical (unpaired) electrons. The Labute approximate surface area is 180 Å². The number of methoxy groups -OCH3 is 2. The number of H-pyrrole nitrogens is 1. The Morgan fingerprint density at radius 3 is 2.69 bits per heavy atom. The number of benzene rings is 2. The van der Waals surface area contributed by atoms with Crippen molar-refractivity contribution in [3.05, 3.63) is 57.8 Å². The number of halogens is 1. The number of nitrogens with zero attached hydrogens (tertiary/aromatic N) is 3. The van der Waals surface area contributed by atoms with E-state index < -0.39 is 0 Å². The van der Waals surface area contributed by atoms with Crippen molar-refractivity contribution in [2.75, 3.05) is 20.8 Å². The fourth-order valence-corrected chi connectivity index (χ4v) is 4.19. The number of ether oxygens (including phenoxy) is 2. The Bertz CT molecular complexity index is 1050. The standard InChI is InChI=1S/C21H23ClN4O2S/c1-27-16-8-5-14(6-9-16)18-4-3-11-25(18)13-26-21(29)23-20(24-26)17-12-15(22)7-10-19(17)28-2/h5-10,12,18H,3-4,11,13H2,1-2H3,(H,23,24,29)/t18-/m1/s1. The van der Waals surface area contributed by atoms with Crippen LogP contribution in [0.15, 0.2) is 42.5 Å². The topological polar surface area (TPSA) is 55.3 Å². The Morgan fingerprint density at radius 1 is 1.17 bits per heavy atom. The lowest BCUT2D eigenvalue weighted by molar-refractivity contribution is 0.190. The highest BCUT2D eigenvalue weighted by Gasteiger charge is 2.26. The summed E-state index contributed by atoms with van der Waals surface area (Å²) in [6.07, 6.45) is 2.26. The maximum Gasteiger partial charge on any atom is 0.217 e. The molecule has 3 aromatic rings. The summed E-state index contributed by atoms with van der Waals surface area (Å²) in [7, 11) is 3.31. The van der Waals surface area contributed by atoms with Crippen LogP contribution in [-0.2, 0) is 6.67 Å². The van der Waals surface area contributed by atoms with E-state index in [4.69, 9.17) is 33.3 Å². The van der Waals surface area contributed by atoms with Gasteiger partial charge in [0.1, 0.15) is 11.5 Å². The molecule has 4 rings (SSSR count). The summed E-state index contributed by atoms with van der Waals surface area (Å²) < 4.78 is 13.1. The van der Waals surface area contributed by atoms with Gasteiger partial charge in [-0.1, -0.05) is 23.7 Å². The minimum atomic E-state index is 0.343. The lowest BCUT2D eigenvalue weighted by atomic mass is 10.0. The van der Waals surface area contributed by atoms with Crippen molar-refractivity contribution in [3.63, 3.8) is 0 Å². The molecule has 152 valence electrons. The molecule has 1 aliphatic rings. The lowest BCUT2D eigenvalue weighted by Gasteiger charge is -2.25.